The van der Waals surface area contributed by atoms with Gasteiger partial charge in [-0.15, -0.1) is 11.3 Å². The topological polar surface area (TPSA) is 58.2 Å². The van der Waals surface area contributed by atoms with E-state index in [1.54, 1.807) is 31.2 Å². The molecule has 0 amide bonds. The Morgan fingerprint density at radius 2 is 2.05 bits per heavy atom. The zero-order chi connectivity index (χ0) is 15.6. The van der Waals surface area contributed by atoms with Gasteiger partial charge < -0.3 is 5.32 Å². The van der Waals surface area contributed by atoms with Crippen LogP contribution in [0.2, 0.25) is 5.02 Å². The van der Waals surface area contributed by atoms with Crippen LogP contribution in [-0.4, -0.2) is 15.5 Å². The Labute approximate surface area is 141 Å². The molecule has 2 N–H and O–H groups in total. The summed E-state index contributed by atoms with van der Waals surface area (Å²) in [7, 11) is -1.79. The summed E-state index contributed by atoms with van der Waals surface area (Å²) in [5.41, 5.74) is 0.434. The third kappa shape index (κ3) is 3.98. The molecule has 0 radical (unpaired) electrons. The molecular weight excluding hydrogens is 396 g/mol. The van der Waals surface area contributed by atoms with Gasteiger partial charge in [0.25, 0.3) is 10.0 Å². The van der Waals surface area contributed by atoms with Gasteiger partial charge in [-0.3, -0.25) is 4.72 Å². The normalized spacial score (nSPS) is 11.6. The van der Waals surface area contributed by atoms with Crippen molar-refractivity contribution in [3.8, 4) is 0 Å². The van der Waals surface area contributed by atoms with Gasteiger partial charge in [0.2, 0.25) is 0 Å². The highest BCUT2D eigenvalue weighted by Gasteiger charge is 2.20. The van der Waals surface area contributed by atoms with Gasteiger partial charge in [-0.1, -0.05) is 11.6 Å². The van der Waals surface area contributed by atoms with E-state index in [4.69, 9.17) is 11.6 Å². The predicted octanol–water partition coefficient (Wildman–Crippen LogP) is 3.99. The zero-order valence-electron chi connectivity index (χ0n) is 11.4. The SMILES string of the molecule is CNCc1cc(S(=O)(=O)Nc2ccc(Br)c(Cl)c2)c(C)s1. The quantitative estimate of drug-likeness (QED) is 0.785. The maximum atomic E-state index is 12.5. The van der Waals surface area contributed by atoms with Crippen molar-refractivity contribution in [2.45, 2.75) is 18.4 Å². The number of benzene rings is 1. The Kier molecular flexibility index (Phi) is 5.32. The van der Waals surface area contributed by atoms with Crippen LogP contribution in [0.5, 0.6) is 0 Å². The fraction of sp³-hybridized carbons (Fsp3) is 0.231. The van der Waals surface area contributed by atoms with Crippen LogP contribution in [0.25, 0.3) is 0 Å². The van der Waals surface area contributed by atoms with E-state index in [9.17, 15) is 8.42 Å². The molecule has 2 rings (SSSR count). The number of nitrogens with one attached hydrogen (secondary N) is 2. The third-order valence-electron chi connectivity index (χ3n) is 2.74. The standard InChI is InChI=1S/C13H14BrClN2O2S2/c1-8-13(6-10(20-8)7-16-2)21(18,19)17-9-3-4-11(14)12(15)5-9/h3-6,16-17H,7H2,1-2H3. The molecule has 8 heteroatoms. The molecule has 0 bridgehead atoms. The second kappa shape index (κ2) is 6.66. The summed E-state index contributed by atoms with van der Waals surface area (Å²) in [6.07, 6.45) is 0. The summed E-state index contributed by atoms with van der Waals surface area (Å²) >= 11 is 10.7. The minimum Gasteiger partial charge on any atom is -0.315 e. The van der Waals surface area contributed by atoms with Crippen LogP contribution in [0.1, 0.15) is 9.75 Å². The van der Waals surface area contributed by atoms with E-state index in [-0.39, 0.29) is 0 Å². The molecule has 2 aromatic rings. The largest absolute Gasteiger partial charge is 0.315 e. The molecule has 4 nitrogen and oxygen atoms in total. The van der Waals surface area contributed by atoms with Crippen LogP contribution in [0.15, 0.2) is 33.6 Å². The van der Waals surface area contributed by atoms with Gasteiger partial charge >= 0.3 is 0 Å². The van der Waals surface area contributed by atoms with Crippen LogP contribution < -0.4 is 10.0 Å². The van der Waals surface area contributed by atoms with E-state index in [0.29, 0.717) is 22.2 Å². The van der Waals surface area contributed by atoms with Crippen LogP contribution in [0.4, 0.5) is 5.69 Å². The number of aryl methyl sites for hydroxylation is 1. The van der Waals surface area contributed by atoms with Gasteiger partial charge in [0.05, 0.1) is 10.7 Å². The molecular formula is C13H14BrClN2O2S2. The number of anilines is 1. The van der Waals surface area contributed by atoms with Crippen LogP contribution in [-0.2, 0) is 16.6 Å². The van der Waals surface area contributed by atoms with Gasteiger partial charge in [-0.05, 0) is 54.2 Å². The maximum Gasteiger partial charge on any atom is 0.263 e. The first-order valence-corrected chi connectivity index (χ1v) is 9.52. The van der Waals surface area contributed by atoms with E-state index >= 15 is 0 Å². The molecule has 0 saturated heterocycles. The number of hydrogen-bond acceptors (Lipinski definition) is 4. The van der Waals surface area contributed by atoms with Crippen LogP contribution in [0.3, 0.4) is 0 Å². The van der Waals surface area contributed by atoms with Crippen molar-refractivity contribution in [3.63, 3.8) is 0 Å². The fourth-order valence-corrected chi connectivity index (χ4v) is 4.95. The van der Waals surface area contributed by atoms with E-state index in [1.807, 2.05) is 7.05 Å². The summed E-state index contributed by atoms with van der Waals surface area (Å²) in [5, 5.41) is 3.46. The molecule has 21 heavy (non-hydrogen) atoms. The van der Waals surface area contributed by atoms with Gasteiger partial charge in [0, 0.05) is 20.8 Å². The monoisotopic (exact) mass is 408 g/mol. The minimum absolute atomic E-state index is 0.303. The first-order valence-electron chi connectivity index (χ1n) is 6.05. The molecule has 0 aliphatic carbocycles. The Morgan fingerprint density at radius 3 is 2.67 bits per heavy atom. The molecule has 1 aromatic heterocycles. The highest BCUT2D eigenvalue weighted by molar-refractivity contribution is 9.10. The van der Waals surface area contributed by atoms with Crippen LogP contribution >= 0.6 is 38.9 Å². The number of hydrogen-bond donors (Lipinski definition) is 2. The van der Waals surface area contributed by atoms with E-state index in [0.717, 1.165) is 14.2 Å². The zero-order valence-corrected chi connectivity index (χ0v) is 15.4. The van der Waals surface area contributed by atoms with Crippen LogP contribution in [0, 0.1) is 6.92 Å². The maximum absolute atomic E-state index is 12.5. The lowest BCUT2D eigenvalue weighted by Crippen LogP contribution is -2.13. The van der Waals surface area contributed by atoms with E-state index in [1.165, 1.54) is 11.3 Å². The Morgan fingerprint density at radius 1 is 1.33 bits per heavy atom. The Bertz CT molecular complexity index is 760. The Balaban J connectivity index is 2.31. The van der Waals surface area contributed by atoms with Crippen molar-refractivity contribution >= 4 is 54.6 Å². The summed E-state index contributed by atoms with van der Waals surface area (Å²) < 4.78 is 28.2. The first kappa shape index (κ1) is 16.8. The summed E-state index contributed by atoms with van der Waals surface area (Å²) in [5.74, 6) is 0. The molecule has 114 valence electrons. The third-order valence-corrected chi connectivity index (χ3v) is 6.66. The lowest BCUT2D eigenvalue weighted by Gasteiger charge is -2.08. The van der Waals surface area contributed by atoms with Crippen molar-refractivity contribution in [2.24, 2.45) is 0 Å². The smallest absolute Gasteiger partial charge is 0.263 e. The van der Waals surface area contributed by atoms with Crippen molar-refractivity contribution < 1.29 is 8.42 Å². The molecule has 0 saturated carbocycles. The van der Waals surface area contributed by atoms with Crippen molar-refractivity contribution in [1.29, 1.82) is 0 Å². The van der Waals surface area contributed by atoms with Crippen molar-refractivity contribution in [1.82, 2.24) is 5.32 Å². The molecule has 0 spiro atoms. The van der Waals surface area contributed by atoms with Gasteiger partial charge in [-0.2, -0.15) is 0 Å². The predicted molar refractivity (Wildman–Crippen MR) is 91.8 cm³/mol. The first-order chi connectivity index (χ1) is 9.83. The van der Waals surface area contributed by atoms with Gasteiger partial charge in [0.1, 0.15) is 4.90 Å². The lowest BCUT2D eigenvalue weighted by atomic mass is 10.3. The van der Waals surface area contributed by atoms with E-state index in [2.05, 4.69) is 26.0 Å². The van der Waals surface area contributed by atoms with Crippen molar-refractivity contribution in [3.05, 3.63) is 43.5 Å². The molecule has 0 aliphatic heterocycles. The number of thiophene rings is 1. The highest BCUT2D eigenvalue weighted by Crippen LogP contribution is 2.30. The average Bonchev–Trinajstić information content (AvgIpc) is 2.76. The second-order valence-corrected chi connectivity index (χ2v) is 8.65. The highest BCUT2D eigenvalue weighted by atomic mass is 79.9. The molecule has 1 heterocycles. The summed E-state index contributed by atoms with van der Waals surface area (Å²) in [6, 6.07) is 6.62. The second-order valence-electron chi connectivity index (χ2n) is 4.40. The molecule has 1 aromatic carbocycles. The summed E-state index contributed by atoms with van der Waals surface area (Å²) in [6.45, 7) is 2.44. The molecule has 0 unspecified atom stereocenters. The fourth-order valence-electron chi connectivity index (χ4n) is 1.82. The average molecular weight is 410 g/mol. The minimum atomic E-state index is -3.61. The van der Waals surface area contributed by atoms with Gasteiger partial charge in [-0.25, -0.2) is 8.42 Å². The van der Waals surface area contributed by atoms with Gasteiger partial charge in [0.15, 0.2) is 0 Å². The molecule has 0 aliphatic rings. The summed E-state index contributed by atoms with van der Waals surface area (Å²) in [4.78, 5) is 2.04. The molecule has 0 fully saturated rings. The van der Waals surface area contributed by atoms with E-state index < -0.39 is 10.0 Å². The lowest BCUT2D eigenvalue weighted by molar-refractivity contribution is 0.601. The molecule has 0 atom stereocenters. The Hall–Kier alpha value is -0.600. The number of sulfonamides is 1. The number of halogens is 2. The van der Waals surface area contributed by atoms with Crippen molar-refractivity contribution in [2.75, 3.05) is 11.8 Å². The number of rotatable bonds is 5.